The SMILES string of the molecule is CCOc1ccc(NC(=O)/C(C#N)=C/c2cc(Cl)ccc2OCC(=O)Nc2ccccc2F)cc1. The van der Waals surface area contributed by atoms with Gasteiger partial charge in [0, 0.05) is 16.3 Å². The first kappa shape index (κ1) is 25.3. The van der Waals surface area contributed by atoms with E-state index in [1.54, 1.807) is 30.3 Å². The standard InChI is InChI=1S/C26H21ClFN3O4/c1-2-34-21-10-8-20(9-11-21)30-26(33)18(15-29)13-17-14-19(27)7-12-24(17)35-16-25(32)31-23-6-4-3-5-22(23)28/h3-14H,2,16H2,1H3,(H,30,33)(H,31,32)/b18-13+. The van der Waals surface area contributed by atoms with Crippen LogP contribution in [-0.4, -0.2) is 25.0 Å². The maximum absolute atomic E-state index is 13.7. The fraction of sp³-hybridized carbons (Fsp3) is 0.115. The lowest BCUT2D eigenvalue weighted by molar-refractivity contribution is -0.118. The van der Waals surface area contributed by atoms with Gasteiger partial charge >= 0.3 is 0 Å². The molecular weight excluding hydrogens is 473 g/mol. The molecule has 0 fully saturated rings. The van der Waals surface area contributed by atoms with Gasteiger partial charge in [-0.05, 0) is 67.6 Å². The number of anilines is 2. The number of ether oxygens (including phenoxy) is 2. The number of para-hydroxylation sites is 1. The normalized spacial score (nSPS) is 10.7. The number of rotatable bonds is 9. The highest BCUT2D eigenvalue weighted by Crippen LogP contribution is 2.26. The van der Waals surface area contributed by atoms with Crippen molar-refractivity contribution in [3.8, 4) is 17.6 Å². The average molecular weight is 494 g/mol. The third-order valence-electron chi connectivity index (χ3n) is 4.57. The molecule has 0 radical (unpaired) electrons. The monoisotopic (exact) mass is 493 g/mol. The summed E-state index contributed by atoms with van der Waals surface area (Å²) < 4.78 is 24.7. The summed E-state index contributed by atoms with van der Waals surface area (Å²) in [5.41, 5.74) is 0.610. The van der Waals surface area contributed by atoms with E-state index in [0.29, 0.717) is 28.6 Å². The van der Waals surface area contributed by atoms with Gasteiger partial charge in [-0.3, -0.25) is 9.59 Å². The van der Waals surface area contributed by atoms with Crippen LogP contribution < -0.4 is 20.1 Å². The number of carbonyl (C=O) groups excluding carboxylic acids is 2. The zero-order valence-corrected chi connectivity index (χ0v) is 19.4. The molecule has 0 saturated carbocycles. The smallest absolute Gasteiger partial charge is 0.266 e. The first-order valence-electron chi connectivity index (χ1n) is 10.5. The van der Waals surface area contributed by atoms with Crippen LogP contribution in [0.15, 0.2) is 72.3 Å². The summed E-state index contributed by atoms with van der Waals surface area (Å²) in [4.78, 5) is 24.9. The van der Waals surface area contributed by atoms with Crippen molar-refractivity contribution in [3.05, 3.63) is 88.7 Å². The highest BCUT2D eigenvalue weighted by molar-refractivity contribution is 6.30. The van der Waals surface area contributed by atoms with Gasteiger partial charge in [0.1, 0.15) is 29.0 Å². The van der Waals surface area contributed by atoms with Crippen molar-refractivity contribution in [2.45, 2.75) is 6.92 Å². The van der Waals surface area contributed by atoms with E-state index in [9.17, 15) is 19.2 Å². The third-order valence-corrected chi connectivity index (χ3v) is 4.80. The van der Waals surface area contributed by atoms with Crippen LogP contribution in [0.1, 0.15) is 12.5 Å². The molecule has 2 amide bonds. The fourth-order valence-electron chi connectivity index (χ4n) is 2.96. The number of carbonyl (C=O) groups is 2. The molecule has 3 rings (SSSR count). The maximum Gasteiger partial charge on any atom is 0.266 e. The minimum Gasteiger partial charge on any atom is -0.494 e. The van der Waals surface area contributed by atoms with Crippen molar-refractivity contribution >= 4 is 40.9 Å². The Kier molecular flexibility index (Phi) is 8.82. The van der Waals surface area contributed by atoms with Crippen molar-refractivity contribution in [1.82, 2.24) is 0 Å². The van der Waals surface area contributed by atoms with Crippen molar-refractivity contribution in [1.29, 1.82) is 5.26 Å². The molecule has 35 heavy (non-hydrogen) atoms. The summed E-state index contributed by atoms with van der Waals surface area (Å²) in [5.74, 6) is -0.942. The number of hydrogen-bond acceptors (Lipinski definition) is 5. The highest BCUT2D eigenvalue weighted by atomic mass is 35.5. The van der Waals surface area contributed by atoms with Crippen molar-refractivity contribution in [2.75, 3.05) is 23.8 Å². The number of nitriles is 1. The molecule has 0 aliphatic carbocycles. The number of nitrogens with one attached hydrogen (secondary N) is 2. The minimum absolute atomic E-state index is 0.0232. The van der Waals surface area contributed by atoms with Crippen LogP contribution in [0.2, 0.25) is 5.02 Å². The van der Waals surface area contributed by atoms with Crippen molar-refractivity contribution in [3.63, 3.8) is 0 Å². The van der Waals surface area contributed by atoms with Crippen LogP contribution in [0, 0.1) is 17.1 Å². The summed E-state index contributed by atoms with van der Waals surface area (Å²) >= 11 is 6.08. The zero-order chi connectivity index (χ0) is 25.2. The van der Waals surface area contributed by atoms with Crippen LogP contribution in [0.25, 0.3) is 6.08 Å². The van der Waals surface area contributed by atoms with Crippen molar-refractivity contribution < 1.29 is 23.5 Å². The minimum atomic E-state index is -0.639. The van der Waals surface area contributed by atoms with E-state index in [-0.39, 0.29) is 17.0 Å². The first-order valence-corrected chi connectivity index (χ1v) is 10.9. The molecule has 0 spiro atoms. The molecule has 2 N–H and O–H groups in total. The Morgan fingerprint density at radius 1 is 1.06 bits per heavy atom. The predicted molar refractivity (Wildman–Crippen MR) is 132 cm³/mol. The molecule has 3 aromatic carbocycles. The van der Waals surface area contributed by atoms with Crippen LogP contribution in [0.3, 0.4) is 0 Å². The van der Waals surface area contributed by atoms with E-state index in [1.807, 2.05) is 13.0 Å². The molecule has 7 nitrogen and oxygen atoms in total. The Bertz CT molecular complexity index is 1290. The summed E-state index contributed by atoms with van der Waals surface area (Å²) in [7, 11) is 0. The summed E-state index contributed by atoms with van der Waals surface area (Å²) in [5, 5.41) is 14.9. The van der Waals surface area contributed by atoms with Gasteiger partial charge in [0.2, 0.25) is 0 Å². The summed E-state index contributed by atoms with van der Waals surface area (Å²) in [6.45, 7) is 1.95. The maximum atomic E-state index is 13.7. The van der Waals surface area contributed by atoms with E-state index < -0.39 is 24.2 Å². The topological polar surface area (TPSA) is 100 Å². The van der Waals surface area contributed by atoms with Crippen LogP contribution >= 0.6 is 11.6 Å². The lowest BCUT2D eigenvalue weighted by Gasteiger charge is -2.11. The Morgan fingerprint density at radius 3 is 2.49 bits per heavy atom. The molecule has 3 aromatic rings. The van der Waals surface area contributed by atoms with E-state index in [1.165, 1.54) is 42.5 Å². The second-order valence-corrected chi connectivity index (χ2v) is 7.52. The molecule has 0 heterocycles. The molecule has 0 aliphatic heterocycles. The number of amides is 2. The molecule has 0 aromatic heterocycles. The Labute approximate surface area is 206 Å². The van der Waals surface area contributed by atoms with E-state index in [4.69, 9.17) is 21.1 Å². The molecule has 0 bridgehead atoms. The molecular formula is C26H21ClFN3O4. The van der Waals surface area contributed by atoms with Crippen LogP contribution in [0.5, 0.6) is 11.5 Å². The van der Waals surface area contributed by atoms with Gasteiger partial charge in [-0.15, -0.1) is 0 Å². The molecule has 9 heteroatoms. The molecule has 0 aliphatic rings. The molecule has 0 atom stereocenters. The van der Waals surface area contributed by atoms with E-state index in [0.717, 1.165) is 0 Å². The largest absolute Gasteiger partial charge is 0.494 e. The first-order chi connectivity index (χ1) is 16.9. The van der Waals surface area contributed by atoms with Crippen LogP contribution in [0.4, 0.5) is 15.8 Å². The Morgan fingerprint density at radius 2 is 1.80 bits per heavy atom. The Hall–Kier alpha value is -4.35. The second kappa shape index (κ2) is 12.2. The summed E-state index contributed by atoms with van der Waals surface area (Å²) in [6.07, 6.45) is 1.31. The summed E-state index contributed by atoms with van der Waals surface area (Å²) in [6, 6.07) is 18.8. The quantitative estimate of drug-likeness (QED) is 0.305. The van der Waals surface area contributed by atoms with Gasteiger partial charge in [0.25, 0.3) is 11.8 Å². The van der Waals surface area contributed by atoms with Gasteiger partial charge in [-0.25, -0.2) is 4.39 Å². The van der Waals surface area contributed by atoms with Gasteiger partial charge in [-0.1, -0.05) is 23.7 Å². The van der Waals surface area contributed by atoms with E-state index >= 15 is 0 Å². The number of hydrogen-bond donors (Lipinski definition) is 2. The van der Waals surface area contributed by atoms with Gasteiger partial charge < -0.3 is 20.1 Å². The van der Waals surface area contributed by atoms with Gasteiger partial charge in [0.05, 0.1) is 12.3 Å². The van der Waals surface area contributed by atoms with E-state index in [2.05, 4.69) is 10.6 Å². The highest BCUT2D eigenvalue weighted by Gasteiger charge is 2.14. The average Bonchev–Trinajstić information content (AvgIpc) is 2.84. The fourth-order valence-corrected chi connectivity index (χ4v) is 3.14. The lowest BCUT2D eigenvalue weighted by atomic mass is 10.1. The number of nitrogens with zero attached hydrogens (tertiary/aromatic N) is 1. The molecule has 178 valence electrons. The lowest BCUT2D eigenvalue weighted by Crippen LogP contribution is -2.21. The molecule has 0 unspecified atom stereocenters. The number of halogens is 2. The third kappa shape index (κ3) is 7.32. The second-order valence-electron chi connectivity index (χ2n) is 7.08. The zero-order valence-electron chi connectivity index (χ0n) is 18.7. The Balaban J connectivity index is 1.72. The van der Waals surface area contributed by atoms with Crippen LogP contribution in [-0.2, 0) is 9.59 Å². The predicted octanol–water partition coefficient (Wildman–Crippen LogP) is 5.44. The van der Waals surface area contributed by atoms with Gasteiger partial charge in [0.15, 0.2) is 6.61 Å². The molecule has 0 saturated heterocycles. The van der Waals surface area contributed by atoms with Crippen molar-refractivity contribution in [2.24, 2.45) is 0 Å². The van der Waals surface area contributed by atoms with Gasteiger partial charge in [-0.2, -0.15) is 5.26 Å². The number of benzene rings is 3.